The third-order valence-corrected chi connectivity index (χ3v) is 4.17. The maximum atomic E-state index is 6.45. The molecule has 2 heteroatoms. The molecule has 0 aliphatic rings. The topological polar surface area (TPSA) is 39.2 Å². The molecule has 1 atom stereocenters. The Kier molecular flexibility index (Phi) is 3.56. The summed E-state index contributed by atoms with van der Waals surface area (Å²) in [6, 6.07) is 12.5. The second kappa shape index (κ2) is 5.38. The van der Waals surface area contributed by atoms with E-state index in [0.717, 1.165) is 23.0 Å². The van der Waals surface area contributed by atoms with E-state index in [0.29, 0.717) is 0 Å². The van der Waals surface area contributed by atoms with Gasteiger partial charge >= 0.3 is 0 Å². The highest BCUT2D eigenvalue weighted by molar-refractivity contribution is 5.81. The Balaban J connectivity index is 1.95. The normalized spacial score (nSPS) is 12.8. The van der Waals surface area contributed by atoms with Gasteiger partial charge in [0, 0.05) is 17.0 Å². The molecule has 0 aliphatic heterocycles. The Morgan fingerprint density at radius 1 is 1.05 bits per heavy atom. The van der Waals surface area contributed by atoms with Crippen molar-refractivity contribution in [2.75, 3.05) is 0 Å². The van der Waals surface area contributed by atoms with Crippen LogP contribution in [0.2, 0.25) is 0 Å². The van der Waals surface area contributed by atoms with Crippen LogP contribution in [0.1, 0.15) is 33.9 Å². The molecule has 108 valence electrons. The highest BCUT2D eigenvalue weighted by Crippen LogP contribution is 2.29. The van der Waals surface area contributed by atoms with Crippen molar-refractivity contribution in [2.45, 2.75) is 33.2 Å². The maximum Gasteiger partial charge on any atom is 0.134 e. The van der Waals surface area contributed by atoms with Gasteiger partial charge in [-0.2, -0.15) is 0 Å². The third kappa shape index (κ3) is 2.59. The van der Waals surface area contributed by atoms with Gasteiger partial charge < -0.3 is 10.2 Å². The number of nitrogens with two attached hydrogens (primary N) is 1. The third-order valence-electron chi connectivity index (χ3n) is 4.17. The zero-order valence-electron chi connectivity index (χ0n) is 12.8. The van der Waals surface area contributed by atoms with Crippen molar-refractivity contribution >= 4 is 11.0 Å². The monoisotopic (exact) mass is 279 g/mol. The zero-order valence-corrected chi connectivity index (χ0v) is 12.8. The molecule has 3 aromatic rings. The minimum Gasteiger partial charge on any atom is -0.464 e. The van der Waals surface area contributed by atoms with Crippen LogP contribution in [0.15, 0.2) is 47.1 Å². The molecule has 0 saturated heterocycles. The predicted octanol–water partition coefficient (Wildman–Crippen LogP) is 4.60. The Morgan fingerprint density at radius 3 is 2.43 bits per heavy atom. The van der Waals surface area contributed by atoms with Crippen LogP contribution < -0.4 is 5.73 Å². The van der Waals surface area contributed by atoms with E-state index in [2.05, 4.69) is 39.0 Å². The van der Waals surface area contributed by atoms with E-state index < -0.39 is 0 Å². The molecule has 0 amide bonds. The van der Waals surface area contributed by atoms with Crippen LogP contribution in [0.25, 0.3) is 11.0 Å². The lowest BCUT2D eigenvalue weighted by molar-refractivity contribution is 0.598. The van der Waals surface area contributed by atoms with Crippen molar-refractivity contribution < 1.29 is 4.42 Å². The first-order chi connectivity index (χ1) is 10.1. The van der Waals surface area contributed by atoms with Crippen molar-refractivity contribution in [1.82, 2.24) is 0 Å². The lowest BCUT2D eigenvalue weighted by Crippen LogP contribution is -2.14. The van der Waals surface area contributed by atoms with E-state index >= 15 is 0 Å². The average Bonchev–Trinajstić information content (AvgIpc) is 2.86. The number of hydrogen-bond donors (Lipinski definition) is 1. The van der Waals surface area contributed by atoms with Gasteiger partial charge in [-0.3, -0.25) is 0 Å². The number of para-hydroxylation sites is 1. The van der Waals surface area contributed by atoms with E-state index in [1.807, 2.05) is 18.2 Å². The van der Waals surface area contributed by atoms with Crippen molar-refractivity contribution in [3.05, 3.63) is 70.5 Å². The largest absolute Gasteiger partial charge is 0.464 e. The molecular formula is C19H21NO. The smallest absolute Gasteiger partial charge is 0.134 e. The number of aryl methyl sites for hydroxylation is 3. The fourth-order valence-corrected chi connectivity index (χ4v) is 3.15. The van der Waals surface area contributed by atoms with Gasteiger partial charge in [-0.15, -0.1) is 0 Å². The SMILES string of the molecule is Cc1cc(C)c(CC(N)c2coc3ccccc23)c(C)c1. The van der Waals surface area contributed by atoms with Crippen LogP contribution in [-0.2, 0) is 6.42 Å². The minimum absolute atomic E-state index is 0.0474. The molecular weight excluding hydrogens is 258 g/mol. The van der Waals surface area contributed by atoms with Gasteiger partial charge in [0.2, 0.25) is 0 Å². The van der Waals surface area contributed by atoms with E-state index in [4.69, 9.17) is 10.2 Å². The fourth-order valence-electron chi connectivity index (χ4n) is 3.15. The minimum atomic E-state index is -0.0474. The molecule has 0 radical (unpaired) electrons. The molecule has 1 aromatic heterocycles. The Labute approximate surface area is 125 Å². The molecule has 3 rings (SSSR count). The first kappa shape index (κ1) is 13.9. The number of hydrogen-bond acceptors (Lipinski definition) is 2. The highest BCUT2D eigenvalue weighted by atomic mass is 16.3. The Bertz CT molecular complexity index is 762. The summed E-state index contributed by atoms with van der Waals surface area (Å²) in [6.07, 6.45) is 2.63. The standard InChI is InChI=1S/C19H21NO/c1-12-8-13(2)16(14(3)9-12)10-18(20)17-11-21-19-7-5-4-6-15(17)19/h4-9,11,18H,10,20H2,1-3H3. The summed E-state index contributed by atoms with van der Waals surface area (Å²) in [5, 5.41) is 1.12. The molecule has 2 N–H and O–H groups in total. The predicted molar refractivity (Wildman–Crippen MR) is 87.5 cm³/mol. The zero-order chi connectivity index (χ0) is 15.0. The van der Waals surface area contributed by atoms with Crippen LogP contribution in [0, 0.1) is 20.8 Å². The average molecular weight is 279 g/mol. The molecule has 2 nitrogen and oxygen atoms in total. The summed E-state index contributed by atoms with van der Waals surface area (Å²) in [5.41, 5.74) is 13.7. The molecule has 0 fully saturated rings. The quantitative estimate of drug-likeness (QED) is 0.761. The van der Waals surface area contributed by atoms with Crippen molar-refractivity contribution in [3.8, 4) is 0 Å². The Hall–Kier alpha value is -2.06. The van der Waals surface area contributed by atoms with Gasteiger partial charge in [-0.25, -0.2) is 0 Å². The number of fused-ring (bicyclic) bond motifs is 1. The molecule has 0 spiro atoms. The van der Waals surface area contributed by atoms with Crippen molar-refractivity contribution in [1.29, 1.82) is 0 Å². The molecule has 1 unspecified atom stereocenters. The molecule has 2 aromatic carbocycles. The van der Waals surface area contributed by atoms with Crippen molar-refractivity contribution in [2.24, 2.45) is 5.73 Å². The Morgan fingerprint density at radius 2 is 1.71 bits per heavy atom. The van der Waals surface area contributed by atoms with Gasteiger partial charge in [-0.05, 0) is 49.9 Å². The van der Waals surface area contributed by atoms with E-state index in [1.165, 1.54) is 22.3 Å². The molecule has 21 heavy (non-hydrogen) atoms. The summed E-state index contributed by atoms with van der Waals surface area (Å²) in [4.78, 5) is 0. The van der Waals surface area contributed by atoms with E-state index in [9.17, 15) is 0 Å². The lowest BCUT2D eigenvalue weighted by atomic mass is 9.92. The van der Waals surface area contributed by atoms with Gasteiger partial charge in [0.15, 0.2) is 0 Å². The van der Waals surface area contributed by atoms with E-state index in [1.54, 1.807) is 6.26 Å². The van der Waals surface area contributed by atoms with Gasteiger partial charge in [0.1, 0.15) is 5.58 Å². The van der Waals surface area contributed by atoms with Crippen LogP contribution in [0.4, 0.5) is 0 Å². The van der Waals surface area contributed by atoms with Crippen LogP contribution in [0.3, 0.4) is 0 Å². The summed E-state index contributed by atoms with van der Waals surface area (Å²) in [6.45, 7) is 6.46. The lowest BCUT2D eigenvalue weighted by Gasteiger charge is -2.16. The summed E-state index contributed by atoms with van der Waals surface area (Å²) in [5.74, 6) is 0. The number of benzene rings is 2. The summed E-state index contributed by atoms with van der Waals surface area (Å²) in [7, 11) is 0. The number of rotatable bonds is 3. The molecule has 0 aliphatic carbocycles. The van der Waals surface area contributed by atoms with Crippen molar-refractivity contribution in [3.63, 3.8) is 0 Å². The maximum absolute atomic E-state index is 6.45. The van der Waals surface area contributed by atoms with Gasteiger partial charge in [-0.1, -0.05) is 35.9 Å². The van der Waals surface area contributed by atoms with Crippen LogP contribution >= 0.6 is 0 Å². The summed E-state index contributed by atoms with van der Waals surface area (Å²) >= 11 is 0. The fraction of sp³-hybridized carbons (Fsp3) is 0.263. The molecule has 0 bridgehead atoms. The van der Waals surface area contributed by atoms with Gasteiger partial charge in [0.05, 0.1) is 6.26 Å². The highest BCUT2D eigenvalue weighted by Gasteiger charge is 2.15. The first-order valence-corrected chi connectivity index (χ1v) is 7.34. The second-order valence-electron chi connectivity index (χ2n) is 5.88. The van der Waals surface area contributed by atoms with E-state index in [-0.39, 0.29) is 6.04 Å². The summed E-state index contributed by atoms with van der Waals surface area (Å²) < 4.78 is 5.61. The van der Waals surface area contributed by atoms with Crippen LogP contribution in [-0.4, -0.2) is 0 Å². The second-order valence-corrected chi connectivity index (χ2v) is 5.88. The van der Waals surface area contributed by atoms with Gasteiger partial charge in [0.25, 0.3) is 0 Å². The molecule has 1 heterocycles. The first-order valence-electron chi connectivity index (χ1n) is 7.34. The molecule has 0 saturated carbocycles. The van der Waals surface area contributed by atoms with Crippen LogP contribution in [0.5, 0.6) is 0 Å². The number of furan rings is 1.